The zero-order valence-corrected chi connectivity index (χ0v) is 29.0. The van der Waals surface area contributed by atoms with E-state index in [0.29, 0.717) is 43.6 Å². The maximum atomic E-state index is 12.5. The van der Waals surface area contributed by atoms with Gasteiger partial charge in [0.05, 0.1) is 43.4 Å². The molecule has 2 heterocycles. The van der Waals surface area contributed by atoms with Gasteiger partial charge in [-0.3, -0.25) is 14.5 Å². The Morgan fingerprint density at radius 2 is 1.51 bits per heavy atom. The number of benzene rings is 4. The highest BCUT2D eigenvalue weighted by Crippen LogP contribution is 2.38. The molecular weight excluding hydrogens is 644 g/mol. The molecule has 268 valence electrons. The second-order valence-corrected chi connectivity index (χ2v) is 13.2. The second kappa shape index (κ2) is 18.1. The van der Waals surface area contributed by atoms with Crippen molar-refractivity contribution >= 4 is 23.2 Å². The number of aliphatic hydroxyl groups excluding tert-OH is 1. The molecule has 0 saturated carbocycles. The highest BCUT2D eigenvalue weighted by atomic mass is 16.7. The number of nitrogens with zero attached hydrogens (tertiary/aromatic N) is 1. The van der Waals surface area contributed by atoms with Crippen molar-refractivity contribution in [3.8, 4) is 11.1 Å². The van der Waals surface area contributed by atoms with Crippen LogP contribution in [0.1, 0.15) is 66.8 Å². The SMILES string of the molecule is Nc1ccccc1NC(=O)CCCCC(=O)NCc1cccc(-c2ccc([C@@H]3O[C@H](CN4CCOCC4)C[C@H](c4ccc(CO)cc4)O3)cc2)c1. The van der Waals surface area contributed by atoms with Crippen molar-refractivity contribution in [1.29, 1.82) is 0 Å². The first-order valence-electron chi connectivity index (χ1n) is 17.8. The van der Waals surface area contributed by atoms with Crippen LogP contribution in [0.4, 0.5) is 11.4 Å². The number of aliphatic hydroxyl groups is 1. The number of morpholine rings is 1. The molecule has 2 amide bonds. The number of amides is 2. The van der Waals surface area contributed by atoms with Crippen LogP contribution >= 0.6 is 0 Å². The lowest BCUT2D eigenvalue weighted by Crippen LogP contribution is -2.44. The van der Waals surface area contributed by atoms with Gasteiger partial charge in [-0.1, -0.05) is 78.9 Å². The summed E-state index contributed by atoms with van der Waals surface area (Å²) in [6, 6.07) is 31.6. The van der Waals surface area contributed by atoms with Crippen molar-refractivity contribution in [2.75, 3.05) is 43.9 Å². The molecule has 2 fully saturated rings. The molecule has 6 rings (SSSR count). The van der Waals surface area contributed by atoms with E-state index in [9.17, 15) is 14.7 Å². The predicted octanol–water partition coefficient (Wildman–Crippen LogP) is 6.12. The molecule has 0 aliphatic carbocycles. The number of rotatable bonds is 14. The van der Waals surface area contributed by atoms with Crippen molar-refractivity contribution in [3.63, 3.8) is 0 Å². The Kier molecular flexibility index (Phi) is 12.8. The number of para-hydroxylation sites is 2. The van der Waals surface area contributed by atoms with Crippen LogP contribution in [0, 0.1) is 0 Å². The maximum absolute atomic E-state index is 12.5. The van der Waals surface area contributed by atoms with Crippen LogP contribution in [-0.4, -0.2) is 60.8 Å². The standard InChI is InChI=1S/C41H48N4O6/c42-36-8-1-2-9-37(36)44-40(48)11-4-3-10-39(47)43-26-30-6-5-7-34(24-30)31-16-18-33(19-17-31)41-50-35(27-45-20-22-49-23-21-45)25-38(51-41)32-14-12-29(28-46)13-15-32/h1-2,5-9,12-19,24,35,38,41,46H,3-4,10-11,20-23,25-28,42H2,(H,43,47)(H,44,48)/t35-,38+,41+/m0/s1. The van der Waals surface area contributed by atoms with E-state index in [4.69, 9.17) is 19.9 Å². The Labute approximate surface area is 299 Å². The number of nitrogen functional groups attached to an aromatic ring is 1. The third kappa shape index (κ3) is 10.5. The summed E-state index contributed by atoms with van der Waals surface area (Å²) in [4.78, 5) is 27.2. The average molecular weight is 693 g/mol. The lowest BCUT2D eigenvalue weighted by Gasteiger charge is -2.39. The van der Waals surface area contributed by atoms with E-state index >= 15 is 0 Å². The van der Waals surface area contributed by atoms with Gasteiger partial charge < -0.3 is 35.7 Å². The van der Waals surface area contributed by atoms with Gasteiger partial charge in [0, 0.05) is 51.0 Å². The van der Waals surface area contributed by atoms with Crippen molar-refractivity contribution in [2.24, 2.45) is 0 Å². The van der Waals surface area contributed by atoms with Gasteiger partial charge in [-0.15, -0.1) is 0 Å². The van der Waals surface area contributed by atoms with E-state index in [2.05, 4.69) is 51.9 Å². The van der Waals surface area contributed by atoms with E-state index < -0.39 is 6.29 Å². The van der Waals surface area contributed by atoms with Gasteiger partial charge in [0.15, 0.2) is 6.29 Å². The molecule has 5 N–H and O–H groups in total. The normalized spacial score (nSPS) is 19.4. The first kappa shape index (κ1) is 36.2. The summed E-state index contributed by atoms with van der Waals surface area (Å²) in [6.45, 7) is 4.51. The van der Waals surface area contributed by atoms with E-state index in [1.165, 1.54) is 0 Å². The fraction of sp³-hybridized carbons (Fsp3) is 0.366. The molecule has 2 saturated heterocycles. The van der Waals surface area contributed by atoms with Gasteiger partial charge in [0.2, 0.25) is 11.8 Å². The highest BCUT2D eigenvalue weighted by molar-refractivity contribution is 5.93. The molecule has 10 nitrogen and oxygen atoms in total. The summed E-state index contributed by atoms with van der Waals surface area (Å²) in [5.74, 6) is -0.154. The molecule has 4 aromatic rings. The Hall–Kier alpha value is -4.58. The second-order valence-electron chi connectivity index (χ2n) is 13.2. The van der Waals surface area contributed by atoms with Crippen molar-refractivity contribution in [1.82, 2.24) is 10.2 Å². The minimum atomic E-state index is -0.514. The number of carbonyl (C=O) groups excluding carboxylic acids is 2. The Morgan fingerprint density at radius 1 is 0.784 bits per heavy atom. The first-order chi connectivity index (χ1) is 24.9. The molecule has 0 spiro atoms. The Bertz CT molecular complexity index is 1730. The van der Waals surface area contributed by atoms with Gasteiger partial charge in [0.25, 0.3) is 0 Å². The van der Waals surface area contributed by atoms with Crippen LogP contribution in [0.15, 0.2) is 97.1 Å². The van der Waals surface area contributed by atoms with E-state index in [1.54, 1.807) is 12.1 Å². The van der Waals surface area contributed by atoms with Crippen LogP contribution < -0.4 is 16.4 Å². The molecule has 0 radical (unpaired) electrons. The maximum Gasteiger partial charge on any atom is 0.224 e. The van der Waals surface area contributed by atoms with Crippen molar-refractivity contribution in [2.45, 2.75) is 63.8 Å². The Balaban J connectivity index is 1.01. The largest absolute Gasteiger partial charge is 0.397 e. The number of nitrogens with two attached hydrogens (primary N) is 1. The number of ether oxygens (including phenoxy) is 3. The molecule has 0 unspecified atom stereocenters. The van der Waals surface area contributed by atoms with E-state index in [0.717, 1.165) is 72.6 Å². The van der Waals surface area contributed by atoms with Crippen LogP contribution in [-0.2, 0) is 37.0 Å². The number of carbonyl (C=O) groups is 2. The van der Waals surface area contributed by atoms with Gasteiger partial charge in [-0.05, 0) is 58.9 Å². The summed E-state index contributed by atoms with van der Waals surface area (Å²) < 4.78 is 18.7. The summed E-state index contributed by atoms with van der Waals surface area (Å²) >= 11 is 0. The molecule has 3 atom stereocenters. The molecule has 4 aromatic carbocycles. The average Bonchev–Trinajstić information content (AvgIpc) is 3.17. The summed E-state index contributed by atoms with van der Waals surface area (Å²) in [6.07, 6.45) is 2.01. The zero-order valence-electron chi connectivity index (χ0n) is 29.0. The molecule has 51 heavy (non-hydrogen) atoms. The minimum absolute atomic E-state index is 0.00468. The van der Waals surface area contributed by atoms with Crippen LogP contribution in [0.3, 0.4) is 0 Å². The summed E-state index contributed by atoms with van der Waals surface area (Å²) in [7, 11) is 0. The smallest absolute Gasteiger partial charge is 0.224 e. The lowest BCUT2D eigenvalue weighted by atomic mass is 9.99. The van der Waals surface area contributed by atoms with E-state index in [-0.39, 0.29) is 30.6 Å². The molecule has 10 heteroatoms. The number of anilines is 2. The number of unbranched alkanes of at least 4 members (excludes halogenated alkanes) is 1. The fourth-order valence-electron chi connectivity index (χ4n) is 6.48. The van der Waals surface area contributed by atoms with Crippen LogP contribution in [0.2, 0.25) is 0 Å². The van der Waals surface area contributed by atoms with Crippen LogP contribution in [0.5, 0.6) is 0 Å². The first-order valence-corrected chi connectivity index (χ1v) is 17.8. The molecule has 0 bridgehead atoms. The predicted molar refractivity (Wildman–Crippen MR) is 197 cm³/mol. The van der Waals surface area contributed by atoms with Gasteiger partial charge in [-0.25, -0.2) is 0 Å². The monoisotopic (exact) mass is 692 g/mol. The number of nitrogens with one attached hydrogen (secondary N) is 2. The summed E-state index contributed by atoms with van der Waals surface area (Å²) in [5.41, 5.74) is 13.0. The summed E-state index contributed by atoms with van der Waals surface area (Å²) in [5, 5.41) is 15.3. The number of hydrogen-bond donors (Lipinski definition) is 4. The van der Waals surface area contributed by atoms with Gasteiger partial charge >= 0.3 is 0 Å². The van der Waals surface area contributed by atoms with Crippen LogP contribution in [0.25, 0.3) is 11.1 Å². The van der Waals surface area contributed by atoms with Gasteiger partial charge in [-0.2, -0.15) is 0 Å². The lowest BCUT2D eigenvalue weighted by molar-refractivity contribution is -0.253. The highest BCUT2D eigenvalue weighted by Gasteiger charge is 2.33. The molecule has 2 aliphatic heterocycles. The molecular formula is C41H48N4O6. The molecule has 2 aliphatic rings. The zero-order chi connectivity index (χ0) is 35.4. The fourth-order valence-corrected chi connectivity index (χ4v) is 6.48. The Morgan fingerprint density at radius 3 is 2.25 bits per heavy atom. The third-order valence-corrected chi connectivity index (χ3v) is 9.41. The number of hydrogen-bond acceptors (Lipinski definition) is 8. The van der Waals surface area contributed by atoms with Gasteiger partial charge in [0.1, 0.15) is 0 Å². The third-order valence-electron chi connectivity index (χ3n) is 9.41. The quantitative estimate of drug-likeness (QED) is 0.0918. The van der Waals surface area contributed by atoms with E-state index in [1.807, 2.05) is 48.5 Å². The minimum Gasteiger partial charge on any atom is -0.397 e. The molecule has 0 aromatic heterocycles. The van der Waals surface area contributed by atoms with Crippen molar-refractivity contribution < 1.29 is 28.9 Å². The van der Waals surface area contributed by atoms with Crippen molar-refractivity contribution in [3.05, 3.63) is 119 Å². The topological polar surface area (TPSA) is 135 Å².